The van der Waals surface area contributed by atoms with Crippen molar-refractivity contribution in [1.82, 2.24) is 0 Å². The van der Waals surface area contributed by atoms with Gasteiger partial charge in [-0.1, -0.05) is 6.07 Å². The van der Waals surface area contributed by atoms with Gasteiger partial charge in [0.1, 0.15) is 11.6 Å². The number of hydrogen-bond donors (Lipinski definition) is 1. The maximum absolute atomic E-state index is 13.0. The number of rotatable bonds is 2. The summed E-state index contributed by atoms with van der Waals surface area (Å²) in [5.74, 6) is 3.42. The van der Waals surface area contributed by atoms with Gasteiger partial charge in [0.05, 0.1) is 11.1 Å². The van der Waals surface area contributed by atoms with E-state index in [1.165, 1.54) is 6.07 Å². The van der Waals surface area contributed by atoms with Gasteiger partial charge in [-0.15, -0.1) is 0 Å². The summed E-state index contributed by atoms with van der Waals surface area (Å²) in [6.07, 6.45) is 0. The lowest BCUT2D eigenvalue weighted by Gasteiger charge is -2.03. The molecule has 1 rings (SSSR count). The summed E-state index contributed by atoms with van der Waals surface area (Å²) in [6.45, 7) is -0.0787. The fourth-order valence-corrected chi connectivity index (χ4v) is 1.15. The van der Waals surface area contributed by atoms with Crippen molar-refractivity contribution in [3.05, 3.63) is 33.8 Å². The minimum absolute atomic E-state index is 0.0787. The Labute approximate surface area is 76.4 Å². The van der Waals surface area contributed by atoms with Crippen molar-refractivity contribution in [3.8, 4) is 0 Å². The van der Waals surface area contributed by atoms with Crippen LogP contribution in [0.4, 0.5) is 8.78 Å². The summed E-state index contributed by atoms with van der Waals surface area (Å²) in [5.41, 5.74) is 0.214. The maximum atomic E-state index is 13.0. The summed E-state index contributed by atoms with van der Waals surface area (Å²) in [4.78, 5) is 4.22. The molecule has 0 spiro atoms. The van der Waals surface area contributed by atoms with Crippen molar-refractivity contribution < 1.29 is 13.6 Å². The fraction of sp³-hybridized carbons (Fsp3) is 0.143. The van der Waals surface area contributed by atoms with Gasteiger partial charge in [0.25, 0.3) is 0 Å². The van der Waals surface area contributed by atoms with Crippen molar-refractivity contribution in [2.75, 3.05) is 0 Å². The van der Waals surface area contributed by atoms with Crippen LogP contribution in [0.25, 0.3) is 0 Å². The lowest BCUT2D eigenvalue weighted by molar-refractivity contribution is 0.121. The van der Waals surface area contributed by atoms with E-state index in [-0.39, 0.29) is 16.6 Å². The van der Waals surface area contributed by atoms with E-state index in [0.29, 0.717) is 0 Å². The SMILES string of the molecule is NOCc1ccc(F)c(Br)c1F. The molecular weight excluding hydrogens is 232 g/mol. The lowest BCUT2D eigenvalue weighted by atomic mass is 10.2. The van der Waals surface area contributed by atoms with Gasteiger partial charge >= 0.3 is 0 Å². The standard InChI is InChI=1S/C7H6BrF2NO/c8-6-5(9)2-1-4(3-12-11)7(6)10/h1-2H,3,11H2. The van der Waals surface area contributed by atoms with Crippen LogP contribution < -0.4 is 5.90 Å². The van der Waals surface area contributed by atoms with Crippen LogP contribution >= 0.6 is 15.9 Å². The Morgan fingerprint density at radius 2 is 2.08 bits per heavy atom. The number of nitrogens with two attached hydrogens (primary N) is 1. The quantitative estimate of drug-likeness (QED) is 0.632. The van der Waals surface area contributed by atoms with Gasteiger partial charge in [-0.25, -0.2) is 14.7 Å². The first kappa shape index (κ1) is 9.57. The highest BCUT2D eigenvalue weighted by atomic mass is 79.9. The molecule has 1 aromatic carbocycles. The molecule has 0 atom stereocenters. The van der Waals surface area contributed by atoms with Crippen LogP contribution in [0.3, 0.4) is 0 Å². The van der Waals surface area contributed by atoms with Crippen LogP contribution in [0.1, 0.15) is 5.56 Å². The molecule has 0 saturated heterocycles. The Balaban J connectivity index is 3.08. The summed E-state index contributed by atoms with van der Waals surface area (Å²) in [7, 11) is 0. The summed E-state index contributed by atoms with van der Waals surface area (Å²) < 4.78 is 25.5. The normalized spacial score (nSPS) is 10.3. The molecule has 0 unspecified atom stereocenters. The van der Waals surface area contributed by atoms with Gasteiger partial charge in [0.15, 0.2) is 0 Å². The molecule has 0 radical (unpaired) electrons. The van der Waals surface area contributed by atoms with Crippen LogP contribution in [0, 0.1) is 11.6 Å². The minimum atomic E-state index is -0.680. The average molecular weight is 238 g/mol. The van der Waals surface area contributed by atoms with E-state index < -0.39 is 11.6 Å². The molecule has 0 aliphatic carbocycles. The van der Waals surface area contributed by atoms with Gasteiger partial charge in [0, 0.05) is 5.56 Å². The second-order valence-corrected chi connectivity index (χ2v) is 2.94. The van der Waals surface area contributed by atoms with E-state index in [1.807, 2.05) is 0 Å². The largest absolute Gasteiger partial charge is 0.300 e. The smallest absolute Gasteiger partial charge is 0.145 e. The van der Waals surface area contributed by atoms with Crippen LogP contribution in [0.15, 0.2) is 16.6 Å². The van der Waals surface area contributed by atoms with Gasteiger partial charge in [-0.3, -0.25) is 4.84 Å². The Morgan fingerprint density at radius 3 is 2.67 bits per heavy atom. The zero-order chi connectivity index (χ0) is 9.14. The van der Waals surface area contributed by atoms with Crippen LogP contribution in [0.2, 0.25) is 0 Å². The van der Waals surface area contributed by atoms with E-state index in [0.717, 1.165) is 6.07 Å². The molecule has 0 bridgehead atoms. The second-order valence-electron chi connectivity index (χ2n) is 2.15. The Hall–Kier alpha value is -0.520. The van der Waals surface area contributed by atoms with Crippen LogP contribution in [-0.2, 0) is 11.4 Å². The lowest BCUT2D eigenvalue weighted by Crippen LogP contribution is -2.02. The molecule has 0 aliphatic heterocycles. The highest BCUT2D eigenvalue weighted by Gasteiger charge is 2.10. The molecule has 1 aromatic rings. The highest BCUT2D eigenvalue weighted by molar-refractivity contribution is 9.10. The number of hydrogen-bond acceptors (Lipinski definition) is 2. The van der Waals surface area contributed by atoms with Crippen LogP contribution in [0.5, 0.6) is 0 Å². The summed E-state index contributed by atoms with van der Waals surface area (Å²) in [6, 6.07) is 2.42. The fourth-order valence-electron chi connectivity index (χ4n) is 0.767. The third-order valence-corrected chi connectivity index (χ3v) is 2.08. The Kier molecular flexibility index (Phi) is 3.13. The maximum Gasteiger partial charge on any atom is 0.145 e. The molecule has 0 amide bonds. The highest BCUT2D eigenvalue weighted by Crippen LogP contribution is 2.22. The first-order valence-corrected chi connectivity index (χ1v) is 3.90. The van der Waals surface area contributed by atoms with Crippen molar-refractivity contribution in [3.63, 3.8) is 0 Å². The molecule has 2 N–H and O–H groups in total. The zero-order valence-electron chi connectivity index (χ0n) is 5.98. The second kappa shape index (κ2) is 3.93. The minimum Gasteiger partial charge on any atom is -0.300 e. The molecule has 66 valence electrons. The molecule has 0 saturated carbocycles. The third-order valence-electron chi connectivity index (χ3n) is 1.35. The van der Waals surface area contributed by atoms with Gasteiger partial charge in [-0.05, 0) is 22.0 Å². The Bertz CT molecular complexity index is 293. The molecule has 0 aliphatic rings. The molecule has 2 nitrogen and oxygen atoms in total. The monoisotopic (exact) mass is 237 g/mol. The predicted molar refractivity (Wildman–Crippen MR) is 43.0 cm³/mol. The summed E-state index contributed by atoms with van der Waals surface area (Å²) >= 11 is 2.75. The van der Waals surface area contributed by atoms with Crippen molar-refractivity contribution in [2.24, 2.45) is 5.90 Å². The van der Waals surface area contributed by atoms with E-state index in [2.05, 4.69) is 20.8 Å². The molecule has 5 heteroatoms. The zero-order valence-corrected chi connectivity index (χ0v) is 7.57. The van der Waals surface area contributed by atoms with Gasteiger partial charge < -0.3 is 0 Å². The number of benzene rings is 1. The predicted octanol–water partition coefficient (Wildman–Crippen LogP) is 2.12. The first-order chi connectivity index (χ1) is 5.66. The molecule has 12 heavy (non-hydrogen) atoms. The van der Waals surface area contributed by atoms with Crippen molar-refractivity contribution in [1.29, 1.82) is 0 Å². The molecule has 0 aromatic heterocycles. The summed E-state index contributed by atoms with van der Waals surface area (Å²) in [5, 5.41) is 0. The average Bonchev–Trinajstić information content (AvgIpc) is 2.07. The van der Waals surface area contributed by atoms with E-state index in [1.54, 1.807) is 0 Å². The number of halogens is 3. The van der Waals surface area contributed by atoms with E-state index in [9.17, 15) is 8.78 Å². The van der Waals surface area contributed by atoms with E-state index >= 15 is 0 Å². The van der Waals surface area contributed by atoms with Crippen molar-refractivity contribution >= 4 is 15.9 Å². The Morgan fingerprint density at radius 1 is 1.42 bits per heavy atom. The van der Waals surface area contributed by atoms with E-state index in [4.69, 9.17) is 5.90 Å². The third kappa shape index (κ3) is 1.80. The molecule has 0 fully saturated rings. The topological polar surface area (TPSA) is 35.2 Å². The molecule has 0 heterocycles. The first-order valence-electron chi connectivity index (χ1n) is 3.11. The molecular formula is C7H6BrF2NO. The van der Waals surface area contributed by atoms with Gasteiger partial charge in [-0.2, -0.15) is 0 Å². The van der Waals surface area contributed by atoms with Crippen molar-refractivity contribution in [2.45, 2.75) is 6.61 Å². The van der Waals surface area contributed by atoms with Crippen LogP contribution in [-0.4, -0.2) is 0 Å². The van der Waals surface area contributed by atoms with Gasteiger partial charge in [0.2, 0.25) is 0 Å².